The minimum absolute atomic E-state index is 0.295. The lowest BCUT2D eigenvalue weighted by Crippen LogP contribution is -2.40. The lowest BCUT2D eigenvalue weighted by atomic mass is 9.54. The maximum absolute atomic E-state index is 9.33. The van der Waals surface area contributed by atoms with Gasteiger partial charge in [0.05, 0.1) is 6.54 Å². The minimum atomic E-state index is 0.295. The molecule has 2 saturated carbocycles. The van der Waals surface area contributed by atoms with Crippen LogP contribution in [0.2, 0.25) is 0 Å². The first-order valence-corrected chi connectivity index (χ1v) is 8.94. The molecule has 0 radical (unpaired) electrons. The van der Waals surface area contributed by atoms with E-state index < -0.39 is 0 Å². The highest BCUT2D eigenvalue weighted by Gasteiger charge is 2.45. The van der Waals surface area contributed by atoms with Crippen LogP contribution in [0.25, 0.3) is 0 Å². The second kappa shape index (κ2) is 6.51. The van der Waals surface area contributed by atoms with Crippen molar-refractivity contribution >= 4 is 6.21 Å². The van der Waals surface area contributed by atoms with E-state index in [1.807, 2.05) is 18.3 Å². The zero-order valence-corrected chi connectivity index (χ0v) is 14.5. The number of phenolic OH excluding ortho intramolecular Hbond substituents is 1. The van der Waals surface area contributed by atoms with Crippen LogP contribution >= 0.6 is 0 Å². The summed E-state index contributed by atoms with van der Waals surface area (Å²) in [5.74, 6) is 2.82. The number of aromatic hydroxyl groups is 1. The molecule has 2 aliphatic rings. The van der Waals surface area contributed by atoms with Crippen molar-refractivity contribution in [3.63, 3.8) is 0 Å². The van der Waals surface area contributed by atoms with Crippen LogP contribution in [-0.4, -0.2) is 17.9 Å². The van der Waals surface area contributed by atoms with Gasteiger partial charge in [-0.2, -0.15) is 0 Å². The lowest BCUT2D eigenvalue weighted by Gasteiger charge is -2.51. The SMILES string of the molecule is C=C(CN=Cc1ccc(O)cc1)C12CC(C)CC(CC(C)C1)C2. The number of hydrogen-bond acceptors (Lipinski definition) is 2. The summed E-state index contributed by atoms with van der Waals surface area (Å²) >= 11 is 0. The van der Waals surface area contributed by atoms with Crippen molar-refractivity contribution in [3.05, 3.63) is 42.0 Å². The number of aliphatic imine (C=N–C) groups is 1. The second-order valence-corrected chi connectivity index (χ2v) is 8.11. The smallest absolute Gasteiger partial charge is 0.115 e. The maximum atomic E-state index is 9.33. The van der Waals surface area contributed by atoms with Crippen molar-refractivity contribution in [1.82, 2.24) is 0 Å². The Bertz CT molecular complexity index is 567. The van der Waals surface area contributed by atoms with E-state index in [2.05, 4.69) is 25.4 Å². The molecule has 2 atom stereocenters. The Morgan fingerprint density at radius 1 is 1.17 bits per heavy atom. The number of rotatable bonds is 4. The molecule has 3 rings (SSSR count). The van der Waals surface area contributed by atoms with E-state index >= 15 is 0 Å². The standard InChI is InChI=1S/C21H29NO/c1-15-8-19-9-16(2)11-21(10-15,12-19)17(3)13-22-14-18-4-6-20(23)7-5-18/h4-7,14-16,19,23H,3,8-13H2,1-2H3. The van der Waals surface area contributed by atoms with Gasteiger partial charge in [-0.25, -0.2) is 0 Å². The highest BCUT2D eigenvalue weighted by molar-refractivity contribution is 5.79. The molecule has 2 fully saturated rings. The first-order valence-electron chi connectivity index (χ1n) is 8.94. The van der Waals surface area contributed by atoms with Gasteiger partial charge in [0.15, 0.2) is 0 Å². The summed E-state index contributed by atoms with van der Waals surface area (Å²) < 4.78 is 0. The molecule has 23 heavy (non-hydrogen) atoms. The van der Waals surface area contributed by atoms with Crippen LogP contribution in [-0.2, 0) is 0 Å². The number of nitrogens with zero attached hydrogens (tertiary/aromatic N) is 1. The van der Waals surface area contributed by atoms with Gasteiger partial charge in [0.2, 0.25) is 0 Å². The summed E-state index contributed by atoms with van der Waals surface area (Å²) in [5, 5.41) is 9.33. The fourth-order valence-electron chi connectivity index (χ4n) is 5.13. The van der Waals surface area contributed by atoms with Gasteiger partial charge in [-0.05, 0) is 90.7 Å². The van der Waals surface area contributed by atoms with Crippen molar-refractivity contribution < 1.29 is 5.11 Å². The number of benzene rings is 1. The van der Waals surface area contributed by atoms with E-state index in [4.69, 9.17) is 0 Å². The van der Waals surface area contributed by atoms with Crippen LogP contribution in [0.3, 0.4) is 0 Å². The van der Waals surface area contributed by atoms with Crippen LogP contribution < -0.4 is 0 Å². The average molecular weight is 311 g/mol. The predicted molar refractivity (Wildman–Crippen MR) is 97.0 cm³/mol. The third kappa shape index (κ3) is 3.68. The topological polar surface area (TPSA) is 32.6 Å². The van der Waals surface area contributed by atoms with Crippen LogP contribution in [0.15, 0.2) is 41.4 Å². The molecule has 124 valence electrons. The van der Waals surface area contributed by atoms with E-state index in [1.165, 1.54) is 37.7 Å². The highest BCUT2D eigenvalue weighted by Crippen LogP contribution is 2.55. The van der Waals surface area contributed by atoms with E-state index in [9.17, 15) is 5.11 Å². The molecule has 1 aromatic carbocycles. The monoisotopic (exact) mass is 311 g/mol. The molecule has 2 aliphatic carbocycles. The summed E-state index contributed by atoms with van der Waals surface area (Å²) in [6, 6.07) is 7.18. The fourth-order valence-corrected chi connectivity index (χ4v) is 5.13. The molecule has 0 saturated heterocycles. The molecule has 2 bridgehead atoms. The maximum Gasteiger partial charge on any atom is 0.115 e. The summed E-state index contributed by atoms with van der Waals surface area (Å²) in [5.41, 5.74) is 2.68. The van der Waals surface area contributed by atoms with Crippen LogP contribution in [0.4, 0.5) is 0 Å². The molecule has 2 unspecified atom stereocenters. The molecule has 1 N–H and O–H groups in total. The van der Waals surface area contributed by atoms with Gasteiger partial charge in [0.1, 0.15) is 5.75 Å². The van der Waals surface area contributed by atoms with Crippen molar-refractivity contribution in [2.75, 3.05) is 6.54 Å². The van der Waals surface area contributed by atoms with Gasteiger partial charge in [-0.3, -0.25) is 4.99 Å². The third-order valence-electron chi connectivity index (χ3n) is 5.79. The lowest BCUT2D eigenvalue weighted by molar-refractivity contribution is 0.0462. The molecule has 0 heterocycles. The number of fused-ring (bicyclic) bond motifs is 2. The molecule has 0 amide bonds. The van der Waals surface area contributed by atoms with Crippen LogP contribution in [0.1, 0.15) is 51.5 Å². The Morgan fingerprint density at radius 2 is 1.78 bits per heavy atom. The fraction of sp³-hybridized carbons (Fsp3) is 0.571. The molecular weight excluding hydrogens is 282 g/mol. The zero-order valence-electron chi connectivity index (χ0n) is 14.5. The largest absolute Gasteiger partial charge is 0.508 e. The first kappa shape index (κ1) is 16.3. The number of hydrogen-bond donors (Lipinski definition) is 1. The van der Waals surface area contributed by atoms with Crippen molar-refractivity contribution in [3.8, 4) is 5.75 Å². The summed E-state index contributed by atoms with van der Waals surface area (Å²) in [6.45, 7) is 9.99. The highest BCUT2D eigenvalue weighted by atomic mass is 16.3. The molecule has 0 aromatic heterocycles. The van der Waals surface area contributed by atoms with Gasteiger partial charge in [0, 0.05) is 6.21 Å². The molecule has 2 nitrogen and oxygen atoms in total. The van der Waals surface area contributed by atoms with E-state index in [0.29, 0.717) is 11.2 Å². The number of phenols is 1. The van der Waals surface area contributed by atoms with Gasteiger partial charge >= 0.3 is 0 Å². The van der Waals surface area contributed by atoms with Crippen LogP contribution in [0.5, 0.6) is 5.75 Å². The predicted octanol–water partition coefficient (Wildman–Crippen LogP) is 5.22. The van der Waals surface area contributed by atoms with Crippen molar-refractivity contribution in [2.24, 2.45) is 28.2 Å². The quantitative estimate of drug-likeness (QED) is 0.600. The Labute approximate surface area is 140 Å². The molecular formula is C21H29NO. The van der Waals surface area contributed by atoms with Crippen molar-refractivity contribution in [2.45, 2.75) is 46.0 Å². The van der Waals surface area contributed by atoms with E-state index in [1.54, 1.807) is 12.1 Å². The Hall–Kier alpha value is -1.57. The first-order chi connectivity index (χ1) is 11.0. The van der Waals surface area contributed by atoms with Gasteiger partial charge < -0.3 is 5.11 Å². The minimum Gasteiger partial charge on any atom is -0.508 e. The molecule has 0 aliphatic heterocycles. The summed E-state index contributed by atoms with van der Waals surface area (Å²) in [6.07, 6.45) is 8.61. The average Bonchev–Trinajstić information content (AvgIpc) is 2.47. The van der Waals surface area contributed by atoms with Gasteiger partial charge in [-0.1, -0.05) is 20.4 Å². The van der Waals surface area contributed by atoms with Gasteiger partial charge in [0.25, 0.3) is 0 Å². The van der Waals surface area contributed by atoms with E-state index in [0.717, 1.165) is 29.9 Å². The normalized spacial score (nSPS) is 33.7. The van der Waals surface area contributed by atoms with Crippen molar-refractivity contribution in [1.29, 1.82) is 0 Å². The Kier molecular flexibility index (Phi) is 4.61. The Morgan fingerprint density at radius 3 is 2.39 bits per heavy atom. The summed E-state index contributed by atoms with van der Waals surface area (Å²) in [4.78, 5) is 4.63. The molecule has 2 heteroatoms. The Balaban J connectivity index is 1.67. The zero-order chi connectivity index (χ0) is 16.4. The van der Waals surface area contributed by atoms with E-state index in [-0.39, 0.29) is 0 Å². The third-order valence-corrected chi connectivity index (χ3v) is 5.79. The molecule has 0 spiro atoms. The summed E-state index contributed by atoms with van der Waals surface area (Å²) in [7, 11) is 0. The molecule has 1 aromatic rings. The second-order valence-electron chi connectivity index (χ2n) is 8.11. The van der Waals surface area contributed by atoms with Crippen LogP contribution in [0, 0.1) is 23.2 Å². The van der Waals surface area contributed by atoms with Gasteiger partial charge in [-0.15, -0.1) is 0 Å².